The summed E-state index contributed by atoms with van der Waals surface area (Å²) in [6, 6.07) is 9.25. The van der Waals surface area contributed by atoms with Gasteiger partial charge < -0.3 is 5.32 Å². The van der Waals surface area contributed by atoms with E-state index in [0.717, 1.165) is 10.9 Å². The molecular formula is C19H30ClN. The lowest BCUT2D eigenvalue weighted by molar-refractivity contribution is 0.134. The number of nitrogens with one attached hydrogen (secondary N) is 1. The molecule has 1 atom stereocenters. The molecule has 0 aromatic heterocycles. The molecule has 1 nitrogen and oxygen atoms in total. The summed E-state index contributed by atoms with van der Waals surface area (Å²) < 4.78 is 0. The lowest BCUT2D eigenvalue weighted by atomic mass is 9.69. The molecule has 118 valence electrons. The molecule has 1 N–H and O–H groups in total. The molecular weight excluding hydrogens is 278 g/mol. The van der Waals surface area contributed by atoms with Crippen molar-refractivity contribution >= 4 is 11.6 Å². The molecule has 0 heterocycles. The van der Waals surface area contributed by atoms with E-state index in [1.807, 2.05) is 12.1 Å². The monoisotopic (exact) mass is 307 g/mol. The van der Waals surface area contributed by atoms with Crippen molar-refractivity contribution < 1.29 is 0 Å². The predicted molar refractivity (Wildman–Crippen MR) is 92.8 cm³/mol. The second kappa shape index (κ2) is 7.15. The van der Waals surface area contributed by atoms with Crippen LogP contribution in [0.5, 0.6) is 0 Å². The van der Waals surface area contributed by atoms with Crippen LogP contribution in [0.2, 0.25) is 5.02 Å². The molecule has 0 aliphatic heterocycles. The average molecular weight is 308 g/mol. The van der Waals surface area contributed by atoms with Crippen molar-refractivity contribution in [2.75, 3.05) is 0 Å². The van der Waals surface area contributed by atoms with E-state index in [-0.39, 0.29) is 0 Å². The van der Waals surface area contributed by atoms with Gasteiger partial charge in [0, 0.05) is 17.1 Å². The number of hydrogen-bond acceptors (Lipinski definition) is 1. The predicted octanol–water partition coefficient (Wildman–Crippen LogP) is 5.99. The Morgan fingerprint density at radius 2 is 1.90 bits per heavy atom. The minimum absolute atomic E-state index is 0.379. The van der Waals surface area contributed by atoms with Gasteiger partial charge in [-0.2, -0.15) is 0 Å². The first-order valence-corrected chi connectivity index (χ1v) is 8.81. The van der Waals surface area contributed by atoms with Gasteiger partial charge in [-0.3, -0.25) is 0 Å². The number of hydrogen-bond donors (Lipinski definition) is 1. The highest BCUT2D eigenvalue weighted by Crippen LogP contribution is 2.40. The summed E-state index contributed by atoms with van der Waals surface area (Å²) in [6.07, 6.45) is 6.62. The molecule has 0 amide bonds. The lowest BCUT2D eigenvalue weighted by Gasteiger charge is -2.39. The molecule has 1 fully saturated rings. The maximum Gasteiger partial charge on any atom is 0.0409 e. The molecule has 1 aliphatic rings. The Balaban J connectivity index is 1.86. The lowest BCUT2D eigenvalue weighted by Crippen LogP contribution is -2.38. The van der Waals surface area contributed by atoms with E-state index >= 15 is 0 Å². The quantitative estimate of drug-likeness (QED) is 0.705. The number of benzene rings is 1. The fourth-order valence-corrected chi connectivity index (χ4v) is 3.75. The maximum atomic E-state index is 6.09. The van der Waals surface area contributed by atoms with Gasteiger partial charge in [0.15, 0.2) is 0 Å². The molecule has 0 radical (unpaired) electrons. The zero-order valence-electron chi connectivity index (χ0n) is 14.0. The summed E-state index contributed by atoms with van der Waals surface area (Å²) in [5.41, 5.74) is 1.79. The van der Waals surface area contributed by atoms with E-state index in [2.05, 4.69) is 45.1 Å². The van der Waals surface area contributed by atoms with E-state index in [4.69, 9.17) is 11.6 Å². The summed E-state index contributed by atoms with van der Waals surface area (Å²) >= 11 is 6.09. The van der Waals surface area contributed by atoms with Gasteiger partial charge >= 0.3 is 0 Å². The van der Waals surface area contributed by atoms with Crippen molar-refractivity contribution in [2.45, 2.75) is 71.9 Å². The molecule has 1 saturated carbocycles. The number of halogens is 1. The van der Waals surface area contributed by atoms with Crippen molar-refractivity contribution in [3.63, 3.8) is 0 Å². The van der Waals surface area contributed by atoms with Crippen LogP contribution in [0.1, 0.15) is 71.4 Å². The fraction of sp³-hybridized carbons (Fsp3) is 0.684. The second-order valence-electron chi connectivity index (χ2n) is 7.33. The molecule has 0 unspecified atom stereocenters. The molecule has 1 aromatic carbocycles. The Bertz CT molecular complexity index is 447. The molecule has 1 aromatic rings. The fourth-order valence-electron chi connectivity index (χ4n) is 3.56. The maximum absolute atomic E-state index is 6.09. The highest BCUT2D eigenvalue weighted by atomic mass is 35.5. The third-order valence-corrected chi connectivity index (χ3v) is 5.81. The first-order chi connectivity index (χ1) is 9.92. The third-order valence-electron chi connectivity index (χ3n) is 5.58. The van der Waals surface area contributed by atoms with Gasteiger partial charge in [0.1, 0.15) is 0 Å². The van der Waals surface area contributed by atoms with Crippen molar-refractivity contribution in [1.29, 1.82) is 0 Å². The van der Waals surface area contributed by atoms with Gasteiger partial charge in [-0.1, -0.05) is 50.9 Å². The van der Waals surface area contributed by atoms with Crippen LogP contribution in [0.3, 0.4) is 0 Å². The van der Waals surface area contributed by atoms with Crippen LogP contribution in [0, 0.1) is 11.3 Å². The summed E-state index contributed by atoms with van der Waals surface area (Å²) in [5, 5.41) is 4.62. The van der Waals surface area contributed by atoms with Crippen LogP contribution in [0.25, 0.3) is 0 Å². The summed E-state index contributed by atoms with van der Waals surface area (Å²) in [6.45, 7) is 9.43. The Morgan fingerprint density at radius 3 is 2.48 bits per heavy atom. The third kappa shape index (κ3) is 4.47. The Kier molecular flexibility index (Phi) is 5.73. The van der Waals surface area contributed by atoms with E-state index in [1.165, 1.54) is 37.7 Å². The topological polar surface area (TPSA) is 12.0 Å². The summed E-state index contributed by atoms with van der Waals surface area (Å²) in [5.74, 6) is 0.891. The molecule has 2 heteroatoms. The zero-order chi connectivity index (χ0) is 15.5. The van der Waals surface area contributed by atoms with Crippen molar-refractivity contribution in [3.8, 4) is 0 Å². The van der Waals surface area contributed by atoms with Crippen LogP contribution < -0.4 is 5.32 Å². The molecule has 0 saturated heterocycles. The van der Waals surface area contributed by atoms with Gasteiger partial charge in [-0.05, 0) is 61.6 Å². The SMILES string of the molecule is CCC(C)(C)C1CCC(N[C@@H](C)c2cccc(Cl)c2)CC1. The van der Waals surface area contributed by atoms with E-state index < -0.39 is 0 Å². The highest BCUT2D eigenvalue weighted by Gasteiger charge is 2.32. The highest BCUT2D eigenvalue weighted by molar-refractivity contribution is 6.30. The molecule has 0 bridgehead atoms. The Morgan fingerprint density at radius 1 is 1.24 bits per heavy atom. The van der Waals surface area contributed by atoms with Gasteiger partial charge in [-0.15, -0.1) is 0 Å². The van der Waals surface area contributed by atoms with Gasteiger partial charge in [-0.25, -0.2) is 0 Å². The molecule has 1 aliphatic carbocycles. The van der Waals surface area contributed by atoms with Crippen molar-refractivity contribution in [1.82, 2.24) is 5.32 Å². The normalized spacial score (nSPS) is 24.8. The van der Waals surface area contributed by atoms with Crippen LogP contribution in [0.15, 0.2) is 24.3 Å². The van der Waals surface area contributed by atoms with E-state index in [9.17, 15) is 0 Å². The smallest absolute Gasteiger partial charge is 0.0409 e. The van der Waals surface area contributed by atoms with Crippen LogP contribution in [0.4, 0.5) is 0 Å². The Hall–Kier alpha value is -0.530. The van der Waals surface area contributed by atoms with Crippen LogP contribution >= 0.6 is 11.6 Å². The molecule has 0 spiro atoms. The standard InChI is InChI=1S/C19H30ClN/c1-5-19(3,4)16-9-11-18(12-10-16)21-14(2)15-7-6-8-17(20)13-15/h6-8,13-14,16,18,21H,5,9-12H2,1-4H3/t14-,16?,18?/m0/s1. The summed E-state index contributed by atoms with van der Waals surface area (Å²) in [7, 11) is 0. The van der Waals surface area contributed by atoms with Gasteiger partial charge in [0.2, 0.25) is 0 Å². The van der Waals surface area contributed by atoms with Crippen LogP contribution in [-0.2, 0) is 0 Å². The minimum atomic E-state index is 0.379. The summed E-state index contributed by atoms with van der Waals surface area (Å²) in [4.78, 5) is 0. The first kappa shape index (κ1) is 16.8. The minimum Gasteiger partial charge on any atom is -0.307 e. The number of rotatable bonds is 5. The van der Waals surface area contributed by atoms with Crippen molar-refractivity contribution in [2.24, 2.45) is 11.3 Å². The van der Waals surface area contributed by atoms with Crippen LogP contribution in [-0.4, -0.2) is 6.04 Å². The zero-order valence-corrected chi connectivity index (χ0v) is 14.7. The second-order valence-corrected chi connectivity index (χ2v) is 7.77. The van der Waals surface area contributed by atoms with Crippen molar-refractivity contribution in [3.05, 3.63) is 34.9 Å². The average Bonchev–Trinajstić information content (AvgIpc) is 2.48. The van der Waals surface area contributed by atoms with E-state index in [1.54, 1.807) is 0 Å². The largest absolute Gasteiger partial charge is 0.307 e. The molecule has 2 rings (SSSR count). The van der Waals surface area contributed by atoms with E-state index in [0.29, 0.717) is 17.5 Å². The van der Waals surface area contributed by atoms with Gasteiger partial charge in [0.25, 0.3) is 0 Å². The first-order valence-electron chi connectivity index (χ1n) is 8.44. The molecule has 21 heavy (non-hydrogen) atoms. The van der Waals surface area contributed by atoms with Gasteiger partial charge in [0.05, 0.1) is 0 Å². The Labute approximate surface area is 135 Å².